The molecule has 1 aromatic heterocycles. The summed E-state index contributed by atoms with van der Waals surface area (Å²) in [5, 5.41) is 0.999. The quantitative estimate of drug-likeness (QED) is 0.711. The van der Waals surface area contributed by atoms with Gasteiger partial charge in [-0.05, 0) is 18.1 Å². The van der Waals surface area contributed by atoms with Crippen molar-refractivity contribution in [2.45, 2.75) is 33.1 Å². The zero-order chi connectivity index (χ0) is 12.3. The predicted molar refractivity (Wildman–Crippen MR) is 69.2 cm³/mol. The molecule has 2 aromatic rings. The Bertz CT molecular complexity index is 477. The van der Waals surface area contributed by atoms with E-state index in [0.29, 0.717) is 18.1 Å². The Labute approximate surface area is 102 Å². The van der Waals surface area contributed by atoms with Crippen LogP contribution in [0.4, 0.5) is 0 Å². The summed E-state index contributed by atoms with van der Waals surface area (Å²) >= 11 is 0. The molecule has 0 amide bonds. The summed E-state index contributed by atoms with van der Waals surface area (Å²) in [5.74, 6) is 1.04. The van der Waals surface area contributed by atoms with Crippen LogP contribution in [0.25, 0.3) is 11.0 Å². The van der Waals surface area contributed by atoms with E-state index < -0.39 is 0 Å². The van der Waals surface area contributed by atoms with Crippen LogP contribution in [0.15, 0.2) is 34.7 Å². The van der Waals surface area contributed by atoms with E-state index >= 15 is 0 Å². The largest absolute Gasteiger partial charge is 0.453 e. The van der Waals surface area contributed by atoms with Crippen molar-refractivity contribution in [3.05, 3.63) is 36.1 Å². The molecule has 0 aliphatic heterocycles. The van der Waals surface area contributed by atoms with E-state index in [1.165, 1.54) is 0 Å². The molecule has 0 saturated carbocycles. The fourth-order valence-electron chi connectivity index (χ4n) is 2.13. The second-order valence-electron chi connectivity index (χ2n) is 4.67. The molecule has 17 heavy (non-hydrogen) atoms. The molecule has 0 aliphatic carbocycles. The highest BCUT2D eigenvalue weighted by atomic mass is 16.3. The van der Waals surface area contributed by atoms with Gasteiger partial charge in [0, 0.05) is 11.8 Å². The Kier molecular flexibility index (Phi) is 3.62. The topological polar surface area (TPSA) is 30.2 Å². The van der Waals surface area contributed by atoms with Crippen LogP contribution >= 0.6 is 0 Å². The molecule has 0 bridgehead atoms. The third-order valence-corrected chi connectivity index (χ3v) is 3.02. The summed E-state index contributed by atoms with van der Waals surface area (Å²) in [6, 6.07) is 9.56. The molecule has 1 atom stereocenters. The van der Waals surface area contributed by atoms with Gasteiger partial charge in [-0.25, -0.2) is 0 Å². The van der Waals surface area contributed by atoms with E-state index in [4.69, 9.17) is 4.42 Å². The lowest BCUT2D eigenvalue weighted by Gasteiger charge is -2.06. The maximum absolute atomic E-state index is 12.0. The summed E-state index contributed by atoms with van der Waals surface area (Å²) in [4.78, 5) is 12.0. The fraction of sp³-hybridized carbons (Fsp3) is 0.400. The van der Waals surface area contributed by atoms with Crippen molar-refractivity contribution in [2.24, 2.45) is 5.92 Å². The molecule has 0 radical (unpaired) electrons. The summed E-state index contributed by atoms with van der Waals surface area (Å²) in [6.45, 7) is 4.26. The molecule has 90 valence electrons. The third-order valence-electron chi connectivity index (χ3n) is 3.02. The summed E-state index contributed by atoms with van der Waals surface area (Å²) in [7, 11) is 0. The summed E-state index contributed by atoms with van der Waals surface area (Å²) < 4.78 is 5.56. The van der Waals surface area contributed by atoms with Crippen molar-refractivity contribution in [1.29, 1.82) is 0 Å². The predicted octanol–water partition coefficient (Wildman–Crippen LogP) is 4.44. The number of benzene rings is 1. The smallest absolute Gasteiger partial charge is 0.198 e. The van der Waals surface area contributed by atoms with E-state index in [0.717, 1.165) is 23.8 Å². The van der Waals surface area contributed by atoms with Crippen molar-refractivity contribution in [3.8, 4) is 0 Å². The highest BCUT2D eigenvalue weighted by Crippen LogP contribution is 2.21. The molecule has 2 nitrogen and oxygen atoms in total. The summed E-state index contributed by atoms with van der Waals surface area (Å²) in [5.41, 5.74) is 0.791. The molecule has 1 heterocycles. The van der Waals surface area contributed by atoms with Crippen molar-refractivity contribution < 1.29 is 9.21 Å². The molecule has 2 rings (SSSR count). The molecule has 1 aromatic carbocycles. The number of carbonyl (C=O) groups is 1. The Hall–Kier alpha value is -1.57. The zero-order valence-electron chi connectivity index (χ0n) is 10.4. The number of fused-ring (bicyclic) bond motifs is 1. The van der Waals surface area contributed by atoms with Gasteiger partial charge >= 0.3 is 0 Å². The number of Topliss-reactive ketones (excluding diaryl/α,β-unsaturated/α-hetero) is 1. The van der Waals surface area contributed by atoms with Crippen LogP contribution in [-0.4, -0.2) is 5.78 Å². The lowest BCUT2D eigenvalue weighted by Crippen LogP contribution is -2.04. The fourth-order valence-corrected chi connectivity index (χ4v) is 2.13. The van der Waals surface area contributed by atoms with Gasteiger partial charge in [-0.15, -0.1) is 0 Å². The number of carbonyl (C=O) groups excluding carboxylic acids is 1. The molecule has 0 aliphatic rings. The van der Waals surface area contributed by atoms with Crippen molar-refractivity contribution in [1.82, 2.24) is 0 Å². The maximum Gasteiger partial charge on any atom is 0.198 e. The van der Waals surface area contributed by atoms with E-state index in [1.54, 1.807) is 0 Å². The van der Waals surface area contributed by atoms with Crippen LogP contribution in [0, 0.1) is 5.92 Å². The van der Waals surface area contributed by atoms with Crippen molar-refractivity contribution >= 4 is 16.8 Å². The molecule has 0 spiro atoms. The minimum Gasteiger partial charge on any atom is -0.453 e. The Morgan fingerprint density at radius 1 is 1.35 bits per heavy atom. The van der Waals surface area contributed by atoms with Gasteiger partial charge in [0.05, 0.1) is 0 Å². The number of hydrogen-bond acceptors (Lipinski definition) is 2. The van der Waals surface area contributed by atoms with E-state index in [1.807, 2.05) is 30.3 Å². The number of para-hydroxylation sites is 1. The SMILES string of the molecule is CCCC(C)CC(=O)c1cc2ccccc2o1. The van der Waals surface area contributed by atoms with Crippen LogP contribution in [0.1, 0.15) is 43.7 Å². The maximum atomic E-state index is 12.0. The van der Waals surface area contributed by atoms with Crippen LogP contribution in [-0.2, 0) is 0 Å². The number of rotatable bonds is 5. The Morgan fingerprint density at radius 3 is 2.82 bits per heavy atom. The molecular weight excluding hydrogens is 212 g/mol. The first-order valence-corrected chi connectivity index (χ1v) is 6.22. The zero-order valence-corrected chi connectivity index (χ0v) is 10.4. The first kappa shape index (κ1) is 11.9. The molecule has 0 fully saturated rings. The van der Waals surface area contributed by atoms with Crippen LogP contribution in [0.3, 0.4) is 0 Å². The second kappa shape index (κ2) is 5.17. The minimum absolute atomic E-state index is 0.113. The molecular formula is C15H18O2. The van der Waals surface area contributed by atoms with Crippen molar-refractivity contribution in [3.63, 3.8) is 0 Å². The number of ketones is 1. The third kappa shape index (κ3) is 2.76. The Morgan fingerprint density at radius 2 is 2.12 bits per heavy atom. The van der Waals surface area contributed by atoms with Gasteiger partial charge in [0.2, 0.25) is 0 Å². The molecule has 0 N–H and O–H groups in total. The molecule has 1 unspecified atom stereocenters. The van der Waals surface area contributed by atoms with Gasteiger partial charge in [-0.1, -0.05) is 44.9 Å². The molecule has 0 saturated heterocycles. The van der Waals surface area contributed by atoms with E-state index in [-0.39, 0.29) is 5.78 Å². The highest BCUT2D eigenvalue weighted by Gasteiger charge is 2.14. The van der Waals surface area contributed by atoms with Gasteiger partial charge in [-0.2, -0.15) is 0 Å². The van der Waals surface area contributed by atoms with Gasteiger partial charge in [0.1, 0.15) is 5.58 Å². The van der Waals surface area contributed by atoms with Crippen LogP contribution in [0.2, 0.25) is 0 Å². The van der Waals surface area contributed by atoms with E-state index in [2.05, 4.69) is 13.8 Å². The number of hydrogen-bond donors (Lipinski definition) is 0. The highest BCUT2D eigenvalue weighted by molar-refractivity contribution is 5.97. The monoisotopic (exact) mass is 230 g/mol. The van der Waals surface area contributed by atoms with Gasteiger partial charge in [0.25, 0.3) is 0 Å². The van der Waals surface area contributed by atoms with E-state index in [9.17, 15) is 4.79 Å². The standard InChI is InChI=1S/C15H18O2/c1-3-6-11(2)9-13(16)15-10-12-7-4-5-8-14(12)17-15/h4-5,7-8,10-11H,3,6,9H2,1-2H3. The van der Waals surface area contributed by atoms with Crippen LogP contribution < -0.4 is 0 Å². The minimum atomic E-state index is 0.113. The summed E-state index contributed by atoms with van der Waals surface area (Å²) in [6.07, 6.45) is 2.79. The Balaban J connectivity index is 2.13. The number of furan rings is 1. The normalized spacial score (nSPS) is 12.8. The average molecular weight is 230 g/mol. The van der Waals surface area contributed by atoms with Crippen molar-refractivity contribution in [2.75, 3.05) is 0 Å². The lowest BCUT2D eigenvalue weighted by atomic mass is 9.99. The molecule has 2 heteroatoms. The van der Waals surface area contributed by atoms with Crippen LogP contribution in [0.5, 0.6) is 0 Å². The first-order chi connectivity index (χ1) is 8.20. The van der Waals surface area contributed by atoms with Gasteiger partial charge in [0.15, 0.2) is 11.5 Å². The lowest BCUT2D eigenvalue weighted by molar-refractivity contribution is 0.0937. The van der Waals surface area contributed by atoms with Gasteiger partial charge in [-0.3, -0.25) is 4.79 Å². The first-order valence-electron chi connectivity index (χ1n) is 6.22. The average Bonchev–Trinajstić information content (AvgIpc) is 2.72. The van der Waals surface area contributed by atoms with Gasteiger partial charge < -0.3 is 4.42 Å². The second-order valence-corrected chi connectivity index (χ2v) is 4.67.